The maximum Gasteiger partial charge on any atom is 0.253 e. The molecule has 0 radical (unpaired) electrons. The lowest BCUT2D eigenvalue weighted by Crippen LogP contribution is -2.51. The normalized spacial score (nSPS) is 21.1. The van der Waals surface area contributed by atoms with Gasteiger partial charge in [0.05, 0.1) is 15.5 Å². The number of halogens is 3. The number of benzene rings is 3. The minimum absolute atomic E-state index is 0. The Bertz CT molecular complexity index is 1460. The monoisotopic (exact) mass is 699 g/mol. The van der Waals surface area contributed by atoms with Crippen LogP contribution in [0.4, 0.5) is 0 Å². The molecule has 1 atom stereocenters. The van der Waals surface area contributed by atoms with Crippen molar-refractivity contribution in [1.29, 1.82) is 0 Å². The highest BCUT2D eigenvalue weighted by atomic mass is 35.5. The Morgan fingerprint density at radius 3 is 2.02 bits per heavy atom. The molecular weight excluding hydrogens is 653 g/mol. The molecule has 0 aromatic heterocycles. The molecule has 9 heteroatoms. The zero-order valence-electron chi connectivity index (χ0n) is 27.1. The van der Waals surface area contributed by atoms with E-state index in [-0.39, 0.29) is 34.6 Å². The van der Waals surface area contributed by atoms with Gasteiger partial charge < -0.3 is 20.2 Å². The minimum Gasteiger partial charge on any atom is -0.412 e. The summed E-state index contributed by atoms with van der Waals surface area (Å²) < 4.78 is 0. The number of piperidine rings is 2. The van der Waals surface area contributed by atoms with Gasteiger partial charge in [-0.1, -0.05) is 77.8 Å². The van der Waals surface area contributed by atoms with Crippen LogP contribution in [0.3, 0.4) is 0 Å². The molecule has 2 N–H and O–H groups in total. The van der Waals surface area contributed by atoms with Crippen molar-refractivity contribution in [2.45, 2.75) is 63.2 Å². The van der Waals surface area contributed by atoms with Gasteiger partial charge in [0, 0.05) is 37.2 Å². The van der Waals surface area contributed by atoms with E-state index >= 15 is 0 Å². The summed E-state index contributed by atoms with van der Waals surface area (Å²) in [6, 6.07) is 26.2. The van der Waals surface area contributed by atoms with Crippen LogP contribution >= 0.6 is 35.6 Å². The number of carbonyl (C=O) groups is 2. The molecule has 3 fully saturated rings. The van der Waals surface area contributed by atoms with Gasteiger partial charge in [0.1, 0.15) is 0 Å². The average Bonchev–Trinajstić information content (AvgIpc) is 3.62. The van der Waals surface area contributed by atoms with Crippen molar-refractivity contribution in [3.63, 3.8) is 0 Å². The summed E-state index contributed by atoms with van der Waals surface area (Å²) in [6.07, 6.45) is 8.78. The first-order valence-corrected chi connectivity index (χ1v) is 17.5. The Labute approximate surface area is 296 Å². The second-order valence-electron chi connectivity index (χ2n) is 13.5. The van der Waals surface area contributed by atoms with Crippen LogP contribution in [0.2, 0.25) is 10.0 Å². The first-order chi connectivity index (χ1) is 21.9. The van der Waals surface area contributed by atoms with E-state index in [1.54, 1.807) is 0 Å². The molecule has 3 heterocycles. The predicted octanol–water partition coefficient (Wildman–Crippen LogP) is 7.49. The molecule has 0 spiro atoms. The van der Waals surface area contributed by atoms with Gasteiger partial charge in [0.15, 0.2) is 0 Å². The van der Waals surface area contributed by atoms with Crippen LogP contribution in [-0.4, -0.2) is 77.8 Å². The highest BCUT2D eigenvalue weighted by molar-refractivity contribution is 6.42. The van der Waals surface area contributed by atoms with Gasteiger partial charge in [0.25, 0.3) is 5.91 Å². The maximum absolute atomic E-state index is 13.9. The Hall–Kier alpha value is -2.61. The van der Waals surface area contributed by atoms with E-state index in [0.29, 0.717) is 22.5 Å². The van der Waals surface area contributed by atoms with E-state index in [2.05, 4.69) is 46.2 Å². The third-order valence-electron chi connectivity index (χ3n) is 10.6. The largest absolute Gasteiger partial charge is 0.412 e. The third kappa shape index (κ3) is 8.52. The summed E-state index contributed by atoms with van der Waals surface area (Å²) in [5.74, 6) is 0.459. The van der Waals surface area contributed by atoms with Crippen molar-refractivity contribution >= 4 is 47.4 Å². The van der Waals surface area contributed by atoms with E-state index in [4.69, 9.17) is 23.2 Å². The van der Waals surface area contributed by atoms with E-state index in [9.17, 15) is 9.59 Å². The topological polar surface area (TPSA) is 75.4 Å². The number of hydrogen-bond acceptors (Lipinski definition) is 3. The maximum atomic E-state index is 13.9. The molecule has 3 aromatic carbocycles. The Morgan fingerprint density at radius 2 is 1.36 bits per heavy atom. The predicted molar refractivity (Wildman–Crippen MR) is 194 cm³/mol. The molecule has 2 amide bonds. The summed E-state index contributed by atoms with van der Waals surface area (Å²) >= 11 is 12.9. The fourth-order valence-corrected chi connectivity index (χ4v) is 8.33. The van der Waals surface area contributed by atoms with Gasteiger partial charge in [-0.2, -0.15) is 0 Å². The summed E-state index contributed by atoms with van der Waals surface area (Å²) in [4.78, 5) is 34.2. The zero-order chi connectivity index (χ0) is 31.3. The van der Waals surface area contributed by atoms with Crippen molar-refractivity contribution in [2.75, 3.05) is 45.8 Å². The molecule has 6 rings (SSSR count). The lowest BCUT2D eigenvalue weighted by molar-refractivity contribution is -0.144. The second kappa shape index (κ2) is 16.7. The molecule has 0 saturated carbocycles. The van der Waals surface area contributed by atoms with Crippen LogP contribution in [0.25, 0.3) is 0 Å². The molecule has 47 heavy (non-hydrogen) atoms. The van der Waals surface area contributed by atoms with Gasteiger partial charge >= 0.3 is 0 Å². The Kier molecular flexibility index (Phi) is 13.2. The molecule has 3 saturated heterocycles. The third-order valence-corrected chi connectivity index (χ3v) is 11.3. The summed E-state index contributed by atoms with van der Waals surface area (Å²) in [5, 5.41) is 1.12. The highest BCUT2D eigenvalue weighted by Gasteiger charge is 2.44. The number of rotatable bonds is 9. The van der Waals surface area contributed by atoms with Crippen LogP contribution in [0, 0.1) is 5.41 Å². The fraction of sp³-hybridized carbons (Fsp3) is 0.474. The van der Waals surface area contributed by atoms with Crippen molar-refractivity contribution in [3.8, 4) is 0 Å². The van der Waals surface area contributed by atoms with Gasteiger partial charge in [-0.15, -0.1) is 12.4 Å². The van der Waals surface area contributed by atoms with E-state index < -0.39 is 0 Å². The van der Waals surface area contributed by atoms with Gasteiger partial charge in [-0.3, -0.25) is 9.59 Å². The first-order valence-electron chi connectivity index (χ1n) is 16.7. The van der Waals surface area contributed by atoms with Gasteiger partial charge in [0.2, 0.25) is 5.91 Å². The van der Waals surface area contributed by atoms with Gasteiger partial charge in [-0.25, -0.2) is 0 Å². The zero-order valence-corrected chi connectivity index (χ0v) is 29.5. The molecule has 0 bridgehead atoms. The van der Waals surface area contributed by atoms with Crippen molar-refractivity contribution in [3.05, 3.63) is 106 Å². The second-order valence-corrected chi connectivity index (χ2v) is 14.3. The Morgan fingerprint density at radius 1 is 0.723 bits per heavy atom. The molecule has 1 unspecified atom stereocenters. The van der Waals surface area contributed by atoms with Crippen LogP contribution in [-0.2, 0) is 16.6 Å². The van der Waals surface area contributed by atoms with E-state index in [0.717, 1.165) is 103 Å². The van der Waals surface area contributed by atoms with Crippen LogP contribution in [0.5, 0.6) is 0 Å². The quantitative estimate of drug-likeness (QED) is 0.232. The molecule has 3 aliphatic heterocycles. The summed E-state index contributed by atoms with van der Waals surface area (Å²) in [6.45, 7) is 6.09. The number of nitrogens with zero attached hydrogens (tertiary/aromatic N) is 3. The Balaban J connectivity index is 0.00000250. The summed E-state index contributed by atoms with van der Waals surface area (Å²) in [5.41, 5.74) is 2.66. The number of amides is 2. The molecule has 0 aliphatic carbocycles. The van der Waals surface area contributed by atoms with Crippen molar-refractivity contribution in [2.24, 2.45) is 5.41 Å². The lowest BCUT2D eigenvalue weighted by Gasteiger charge is -2.45. The number of likely N-dealkylation sites (tertiary alicyclic amines) is 3. The minimum atomic E-state index is -0.314. The van der Waals surface area contributed by atoms with Crippen LogP contribution < -0.4 is 0 Å². The average molecular weight is 701 g/mol. The highest BCUT2D eigenvalue weighted by Crippen LogP contribution is 2.42. The van der Waals surface area contributed by atoms with Crippen LogP contribution in [0.15, 0.2) is 78.9 Å². The molecule has 254 valence electrons. The number of hydrogen-bond donors (Lipinski definition) is 0. The molecule has 3 aliphatic rings. The summed E-state index contributed by atoms with van der Waals surface area (Å²) in [7, 11) is 0. The van der Waals surface area contributed by atoms with Crippen molar-refractivity contribution < 1.29 is 15.1 Å². The van der Waals surface area contributed by atoms with Gasteiger partial charge in [-0.05, 0) is 113 Å². The standard InChI is InChI=1S/C38H45Cl2N3O2.ClH.H2O/c39-33-16-15-32(27-34(33)40)38(18-10-24-43(29-38)35(44)31-13-5-2-6-14-31)17-9-21-41-25-19-37(20-26-41,28-30-11-3-1-4-12-30)36(45)42-22-7-8-23-42;;/h1-6,11-16,27H,7-10,17-26,28-29H2;1H;1H2. The van der Waals surface area contributed by atoms with E-state index in [1.807, 2.05) is 47.4 Å². The SMILES string of the molecule is Cl.O.O=C(c1ccccc1)N1CCCC(CCCN2CCC(Cc3ccccc3)(C(=O)N3CCCC3)CC2)(c2ccc(Cl)c(Cl)c2)C1. The van der Waals surface area contributed by atoms with E-state index in [1.165, 1.54) is 11.1 Å². The number of carbonyl (C=O) groups excluding carboxylic acids is 2. The van der Waals surface area contributed by atoms with Crippen molar-refractivity contribution in [1.82, 2.24) is 14.7 Å². The lowest BCUT2D eigenvalue weighted by atomic mass is 9.70. The smallest absolute Gasteiger partial charge is 0.253 e. The first kappa shape index (κ1) is 37.2. The molecular formula is C38H48Cl3N3O3. The molecule has 6 nitrogen and oxygen atoms in total. The van der Waals surface area contributed by atoms with Crippen LogP contribution in [0.1, 0.15) is 72.9 Å². The molecule has 3 aromatic rings. The fourth-order valence-electron chi connectivity index (χ4n) is 8.03.